The molecule has 15 heavy (non-hydrogen) atoms. The summed E-state index contributed by atoms with van der Waals surface area (Å²) < 4.78 is 4.60. The molecule has 1 fully saturated rings. The molecule has 7 heteroatoms. The minimum atomic E-state index is -0.899. The number of nitrogens with two attached hydrogens (primary N) is 1. The van der Waals surface area contributed by atoms with Gasteiger partial charge in [-0.1, -0.05) is 11.3 Å². The average Bonchev–Trinajstić information content (AvgIpc) is 2.72. The molecule has 1 aromatic rings. The van der Waals surface area contributed by atoms with Gasteiger partial charge in [-0.2, -0.15) is 4.98 Å². The maximum Gasteiger partial charge on any atom is 0.411 e. The van der Waals surface area contributed by atoms with Gasteiger partial charge in [0.1, 0.15) is 5.82 Å². The van der Waals surface area contributed by atoms with E-state index in [0.29, 0.717) is 18.8 Å². The molecule has 0 aliphatic carbocycles. The van der Waals surface area contributed by atoms with Gasteiger partial charge in [0.15, 0.2) is 0 Å². The summed E-state index contributed by atoms with van der Waals surface area (Å²) in [5, 5.41) is 1.83. The molecule has 0 aromatic carbocycles. The number of nitrogens with zero attached hydrogens (tertiary/aromatic N) is 2. The number of thiazole rings is 1. The molecule has 80 valence electrons. The standard InChI is InChI=1S/C8H9N3O3S/c9-7(13)14-8-10-5(4-15-8)11-3-1-2-6(11)12/h4H,1-3H2,(H2,9,13). The molecular formula is C8H9N3O3S. The second-order valence-electron chi connectivity index (χ2n) is 3.04. The van der Waals surface area contributed by atoms with Crippen molar-refractivity contribution >= 4 is 29.2 Å². The van der Waals surface area contributed by atoms with Crippen LogP contribution in [0.25, 0.3) is 0 Å². The molecule has 2 heterocycles. The van der Waals surface area contributed by atoms with E-state index in [1.807, 2.05) is 0 Å². The first-order valence-electron chi connectivity index (χ1n) is 4.40. The minimum absolute atomic E-state index is 0.0472. The monoisotopic (exact) mass is 227 g/mol. The molecule has 1 saturated heterocycles. The molecular weight excluding hydrogens is 218 g/mol. The summed E-state index contributed by atoms with van der Waals surface area (Å²) in [5.74, 6) is 0.574. The van der Waals surface area contributed by atoms with Crippen molar-refractivity contribution in [3.8, 4) is 5.19 Å². The highest BCUT2D eigenvalue weighted by Gasteiger charge is 2.24. The van der Waals surface area contributed by atoms with Gasteiger partial charge in [-0.05, 0) is 6.42 Å². The van der Waals surface area contributed by atoms with Crippen molar-refractivity contribution in [3.63, 3.8) is 0 Å². The molecule has 1 aromatic heterocycles. The summed E-state index contributed by atoms with van der Waals surface area (Å²) in [7, 11) is 0. The zero-order chi connectivity index (χ0) is 10.8. The Labute approximate surface area is 89.6 Å². The summed E-state index contributed by atoms with van der Waals surface area (Å²) in [4.78, 5) is 27.4. The molecule has 0 saturated carbocycles. The first-order chi connectivity index (χ1) is 7.16. The van der Waals surface area contributed by atoms with Gasteiger partial charge < -0.3 is 10.5 Å². The molecule has 0 bridgehead atoms. The van der Waals surface area contributed by atoms with E-state index < -0.39 is 6.09 Å². The van der Waals surface area contributed by atoms with E-state index in [0.717, 1.165) is 17.8 Å². The van der Waals surface area contributed by atoms with Crippen LogP contribution in [0, 0.1) is 0 Å². The number of primary amides is 1. The fourth-order valence-corrected chi connectivity index (χ4v) is 2.06. The Hall–Kier alpha value is -1.63. The highest BCUT2D eigenvalue weighted by Crippen LogP contribution is 2.27. The van der Waals surface area contributed by atoms with Gasteiger partial charge in [0, 0.05) is 18.3 Å². The van der Waals surface area contributed by atoms with Crippen molar-refractivity contribution in [1.29, 1.82) is 0 Å². The minimum Gasteiger partial charge on any atom is -0.381 e. The van der Waals surface area contributed by atoms with Crippen LogP contribution in [0.3, 0.4) is 0 Å². The van der Waals surface area contributed by atoms with E-state index in [2.05, 4.69) is 9.72 Å². The van der Waals surface area contributed by atoms with Crippen LogP contribution in [0.4, 0.5) is 10.6 Å². The van der Waals surface area contributed by atoms with Crippen molar-refractivity contribution in [1.82, 2.24) is 4.98 Å². The number of aromatic nitrogens is 1. The van der Waals surface area contributed by atoms with Crippen LogP contribution in [0.2, 0.25) is 0 Å². The second kappa shape index (κ2) is 3.85. The number of hydrogen-bond acceptors (Lipinski definition) is 5. The van der Waals surface area contributed by atoms with E-state index in [1.165, 1.54) is 0 Å². The summed E-state index contributed by atoms with van der Waals surface area (Å²) in [5.41, 5.74) is 4.84. The number of hydrogen-bond donors (Lipinski definition) is 1. The predicted octanol–water partition coefficient (Wildman–Crippen LogP) is 0.727. The van der Waals surface area contributed by atoms with Gasteiger partial charge in [0.25, 0.3) is 5.19 Å². The lowest BCUT2D eigenvalue weighted by atomic mass is 10.4. The molecule has 2 rings (SSSR count). The number of carbonyl (C=O) groups excluding carboxylic acids is 2. The fourth-order valence-electron chi connectivity index (χ4n) is 1.40. The maximum atomic E-state index is 11.4. The number of ether oxygens (including phenoxy) is 1. The van der Waals surface area contributed by atoms with E-state index in [-0.39, 0.29) is 11.1 Å². The van der Waals surface area contributed by atoms with Gasteiger partial charge >= 0.3 is 6.09 Å². The predicted molar refractivity (Wildman–Crippen MR) is 53.9 cm³/mol. The Morgan fingerprint density at radius 2 is 2.47 bits per heavy atom. The third-order valence-corrected chi connectivity index (χ3v) is 2.71. The number of amides is 2. The largest absolute Gasteiger partial charge is 0.411 e. The summed E-state index contributed by atoms with van der Waals surface area (Å²) in [6, 6.07) is 0. The summed E-state index contributed by atoms with van der Waals surface area (Å²) >= 11 is 1.14. The zero-order valence-corrected chi connectivity index (χ0v) is 8.62. The number of rotatable bonds is 2. The van der Waals surface area contributed by atoms with Crippen LogP contribution in [-0.4, -0.2) is 23.5 Å². The summed E-state index contributed by atoms with van der Waals surface area (Å²) in [6.07, 6.45) is 0.481. The molecule has 0 radical (unpaired) electrons. The van der Waals surface area contributed by atoms with Crippen molar-refractivity contribution in [3.05, 3.63) is 5.38 Å². The quantitative estimate of drug-likeness (QED) is 0.806. The lowest BCUT2D eigenvalue weighted by Crippen LogP contribution is -2.24. The normalized spacial score (nSPS) is 15.7. The maximum absolute atomic E-state index is 11.4. The Balaban J connectivity index is 2.12. The first-order valence-corrected chi connectivity index (χ1v) is 5.28. The molecule has 0 unspecified atom stereocenters. The third-order valence-electron chi connectivity index (χ3n) is 2.01. The topological polar surface area (TPSA) is 85.5 Å². The lowest BCUT2D eigenvalue weighted by Gasteiger charge is -2.10. The average molecular weight is 227 g/mol. The molecule has 6 nitrogen and oxygen atoms in total. The van der Waals surface area contributed by atoms with Crippen molar-refractivity contribution in [2.45, 2.75) is 12.8 Å². The van der Waals surface area contributed by atoms with E-state index in [9.17, 15) is 9.59 Å². The third kappa shape index (κ3) is 2.07. The van der Waals surface area contributed by atoms with Crippen molar-refractivity contribution < 1.29 is 14.3 Å². The van der Waals surface area contributed by atoms with Gasteiger partial charge in [-0.25, -0.2) is 4.79 Å². The van der Waals surface area contributed by atoms with E-state index >= 15 is 0 Å². The van der Waals surface area contributed by atoms with Crippen LogP contribution in [-0.2, 0) is 4.79 Å². The van der Waals surface area contributed by atoms with E-state index in [1.54, 1.807) is 10.3 Å². The Kier molecular flexibility index (Phi) is 2.55. The zero-order valence-electron chi connectivity index (χ0n) is 7.80. The van der Waals surface area contributed by atoms with E-state index in [4.69, 9.17) is 5.73 Å². The molecule has 2 amide bonds. The summed E-state index contributed by atoms with van der Waals surface area (Å²) in [6.45, 7) is 0.665. The smallest absolute Gasteiger partial charge is 0.381 e. The Morgan fingerprint density at radius 3 is 3.07 bits per heavy atom. The van der Waals surface area contributed by atoms with Crippen LogP contribution in [0.1, 0.15) is 12.8 Å². The molecule has 1 aliphatic rings. The van der Waals surface area contributed by atoms with Crippen LogP contribution in [0.5, 0.6) is 5.19 Å². The Bertz CT molecular complexity index is 404. The molecule has 0 atom stereocenters. The number of anilines is 1. The van der Waals surface area contributed by atoms with Gasteiger partial charge in [0.2, 0.25) is 5.91 Å². The van der Waals surface area contributed by atoms with Gasteiger partial charge in [-0.3, -0.25) is 9.69 Å². The van der Waals surface area contributed by atoms with Gasteiger partial charge in [-0.15, -0.1) is 0 Å². The molecule has 0 spiro atoms. The molecule has 1 aliphatic heterocycles. The second-order valence-corrected chi connectivity index (χ2v) is 3.86. The van der Waals surface area contributed by atoms with Crippen LogP contribution in [0.15, 0.2) is 5.38 Å². The van der Waals surface area contributed by atoms with Crippen LogP contribution < -0.4 is 15.4 Å². The Morgan fingerprint density at radius 1 is 1.67 bits per heavy atom. The van der Waals surface area contributed by atoms with Gasteiger partial charge in [0.05, 0.1) is 0 Å². The number of carbonyl (C=O) groups is 2. The SMILES string of the molecule is NC(=O)Oc1nc(N2CCCC2=O)cs1. The first kappa shape index (κ1) is 9.91. The van der Waals surface area contributed by atoms with Crippen molar-refractivity contribution in [2.75, 3.05) is 11.4 Å². The molecule has 2 N–H and O–H groups in total. The lowest BCUT2D eigenvalue weighted by molar-refractivity contribution is -0.117. The highest BCUT2D eigenvalue weighted by molar-refractivity contribution is 7.11. The highest BCUT2D eigenvalue weighted by atomic mass is 32.1. The van der Waals surface area contributed by atoms with Crippen LogP contribution >= 0.6 is 11.3 Å². The van der Waals surface area contributed by atoms with Crippen molar-refractivity contribution in [2.24, 2.45) is 5.73 Å². The fraction of sp³-hybridized carbons (Fsp3) is 0.375.